The normalized spacial score (nSPS) is 22.5. The molecule has 1 aromatic rings. The van der Waals surface area contributed by atoms with Crippen LogP contribution in [0.2, 0.25) is 0 Å². The van der Waals surface area contributed by atoms with Crippen molar-refractivity contribution < 1.29 is 13.6 Å². The van der Waals surface area contributed by atoms with Gasteiger partial charge in [-0.25, -0.2) is 8.78 Å². The van der Waals surface area contributed by atoms with E-state index in [-0.39, 0.29) is 24.3 Å². The maximum Gasteiger partial charge on any atom is 0.252 e. The lowest BCUT2D eigenvalue weighted by Crippen LogP contribution is -2.05. The first-order valence-corrected chi connectivity index (χ1v) is 5.31. The van der Waals surface area contributed by atoms with Crippen LogP contribution >= 0.6 is 15.9 Å². The van der Waals surface area contributed by atoms with Gasteiger partial charge >= 0.3 is 0 Å². The Morgan fingerprint density at radius 1 is 1.60 bits per heavy atom. The molecule has 2 rings (SSSR count). The summed E-state index contributed by atoms with van der Waals surface area (Å²) in [6.45, 7) is 0. The minimum atomic E-state index is -2.63. The number of alkyl halides is 2. The van der Waals surface area contributed by atoms with Gasteiger partial charge in [0, 0.05) is 29.4 Å². The molecule has 80 valence electrons. The van der Waals surface area contributed by atoms with Gasteiger partial charge in [0.2, 0.25) is 0 Å². The monoisotopic (exact) mass is 275 g/mol. The van der Waals surface area contributed by atoms with E-state index in [4.69, 9.17) is 0 Å². The van der Waals surface area contributed by atoms with Crippen molar-refractivity contribution in [3.8, 4) is 0 Å². The van der Waals surface area contributed by atoms with Crippen molar-refractivity contribution in [2.75, 3.05) is 0 Å². The topological polar surface area (TPSA) is 30.0 Å². The summed E-state index contributed by atoms with van der Waals surface area (Å²) in [5.41, 5.74) is 0.251. The number of pyridine rings is 1. The van der Waals surface area contributed by atoms with Crippen LogP contribution < -0.4 is 0 Å². The average molecular weight is 276 g/mol. The van der Waals surface area contributed by atoms with E-state index in [1.54, 1.807) is 6.07 Å². The van der Waals surface area contributed by atoms with Crippen LogP contribution in [0.5, 0.6) is 0 Å². The van der Waals surface area contributed by atoms with E-state index < -0.39 is 11.8 Å². The molecule has 0 aliphatic heterocycles. The van der Waals surface area contributed by atoms with Crippen LogP contribution in [0, 0.1) is 5.92 Å². The third kappa shape index (κ3) is 2.40. The van der Waals surface area contributed by atoms with Gasteiger partial charge in [-0.2, -0.15) is 0 Å². The number of carbonyl (C=O) groups excluding carboxylic acids is 1. The highest BCUT2D eigenvalue weighted by atomic mass is 79.9. The molecule has 1 aliphatic rings. The second kappa shape index (κ2) is 3.63. The van der Waals surface area contributed by atoms with Gasteiger partial charge in [0.1, 0.15) is 5.69 Å². The van der Waals surface area contributed by atoms with Crippen molar-refractivity contribution in [3.05, 3.63) is 28.5 Å². The lowest BCUT2D eigenvalue weighted by Gasteiger charge is -1.99. The standard InChI is InChI=1S/C10H8BrF2NO/c11-7-1-2-8(14-5-7)9(15)3-6-4-10(6,12)13/h1-2,5-6H,3-4H2. The summed E-state index contributed by atoms with van der Waals surface area (Å²) >= 11 is 3.18. The predicted octanol–water partition coefficient (Wildman–Crippen LogP) is 3.07. The Labute approximate surface area is 93.8 Å². The Hall–Kier alpha value is -0.840. The molecule has 1 aliphatic carbocycles. The highest BCUT2D eigenvalue weighted by Crippen LogP contribution is 2.50. The van der Waals surface area contributed by atoms with Crippen molar-refractivity contribution in [1.29, 1.82) is 0 Å². The quantitative estimate of drug-likeness (QED) is 0.794. The average Bonchev–Trinajstić information content (AvgIpc) is 2.74. The Bertz CT molecular complexity index is 391. The van der Waals surface area contributed by atoms with Gasteiger partial charge in [-0.1, -0.05) is 0 Å². The van der Waals surface area contributed by atoms with Gasteiger partial charge in [-0.05, 0) is 28.1 Å². The van der Waals surface area contributed by atoms with E-state index in [9.17, 15) is 13.6 Å². The summed E-state index contributed by atoms with van der Waals surface area (Å²) in [7, 11) is 0. The second-order valence-corrected chi connectivity index (χ2v) is 4.57. The van der Waals surface area contributed by atoms with E-state index in [2.05, 4.69) is 20.9 Å². The third-order valence-corrected chi connectivity index (χ3v) is 2.87. The van der Waals surface area contributed by atoms with Gasteiger partial charge in [0.25, 0.3) is 5.92 Å². The molecule has 1 unspecified atom stereocenters. The molecule has 0 bridgehead atoms. The van der Waals surface area contributed by atoms with Gasteiger partial charge in [-0.3, -0.25) is 9.78 Å². The van der Waals surface area contributed by atoms with Crippen LogP contribution in [-0.2, 0) is 0 Å². The Morgan fingerprint density at radius 2 is 2.27 bits per heavy atom. The highest BCUT2D eigenvalue weighted by Gasteiger charge is 2.57. The molecule has 0 spiro atoms. The minimum Gasteiger partial charge on any atom is -0.292 e. The smallest absolute Gasteiger partial charge is 0.252 e. The number of halogens is 3. The van der Waals surface area contributed by atoms with Crippen molar-refractivity contribution >= 4 is 21.7 Å². The molecule has 2 nitrogen and oxygen atoms in total. The van der Waals surface area contributed by atoms with Crippen LogP contribution in [0.1, 0.15) is 23.3 Å². The van der Waals surface area contributed by atoms with E-state index in [1.807, 2.05) is 0 Å². The Morgan fingerprint density at radius 3 is 2.73 bits per heavy atom. The molecule has 0 N–H and O–H groups in total. The van der Waals surface area contributed by atoms with Crippen molar-refractivity contribution in [3.63, 3.8) is 0 Å². The van der Waals surface area contributed by atoms with Gasteiger partial charge in [0.15, 0.2) is 5.78 Å². The molecular weight excluding hydrogens is 268 g/mol. The zero-order valence-electron chi connectivity index (χ0n) is 7.71. The van der Waals surface area contributed by atoms with Crippen LogP contribution in [0.15, 0.2) is 22.8 Å². The van der Waals surface area contributed by atoms with Crippen LogP contribution in [0.25, 0.3) is 0 Å². The van der Waals surface area contributed by atoms with E-state index in [0.717, 1.165) is 4.47 Å². The van der Waals surface area contributed by atoms with E-state index in [0.29, 0.717) is 0 Å². The molecule has 1 atom stereocenters. The summed E-state index contributed by atoms with van der Waals surface area (Å²) in [4.78, 5) is 15.3. The van der Waals surface area contributed by atoms with Crippen LogP contribution in [0.4, 0.5) is 8.78 Å². The number of rotatable bonds is 3. The zero-order chi connectivity index (χ0) is 11.1. The molecule has 15 heavy (non-hydrogen) atoms. The zero-order valence-corrected chi connectivity index (χ0v) is 9.30. The molecule has 0 aromatic carbocycles. The molecule has 0 saturated heterocycles. The number of hydrogen-bond donors (Lipinski definition) is 0. The molecule has 1 aromatic heterocycles. The minimum absolute atomic E-state index is 0.109. The SMILES string of the molecule is O=C(CC1CC1(F)F)c1ccc(Br)cn1. The van der Waals surface area contributed by atoms with Gasteiger partial charge in [0.05, 0.1) is 0 Å². The summed E-state index contributed by atoms with van der Waals surface area (Å²) in [6, 6.07) is 3.21. The lowest BCUT2D eigenvalue weighted by atomic mass is 10.1. The third-order valence-electron chi connectivity index (χ3n) is 2.40. The predicted molar refractivity (Wildman–Crippen MR) is 53.9 cm³/mol. The fraction of sp³-hybridized carbons (Fsp3) is 0.400. The van der Waals surface area contributed by atoms with E-state index >= 15 is 0 Å². The maximum absolute atomic E-state index is 12.6. The second-order valence-electron chi connectivity index (χ2n) is 3.65. The lowest BCUT2D eigenvalue weighted by molar-refractivity contribution is 0.0830. The van der Waals surface area contributed by atoms with Crippen LogP contribution in [0.3, 0.4) is 0 Å². The summed E-state index contributed by atoms with van der Waals surface area (Å²) < 4.78 is 25.9. The number of nitrogens with zero attached hydrogens (tertiary/aromatic N) is 1. The number of aromatic nitrogens is 1. The number of hydrogen-bond acceptors (Lipinski definition) is 2. The molecule has 0 radical (unpaired) electrons. The first kappa shape index (κ1) is 10.7. The fourth-order valence-electron chi connectivity index (χ4n) is 1.36. The number of Topliss-reactive ketones (excluding diaryl/α,β-unsaturated/α-hetero) is 1. The summed E-state index contributed by atoms with van der Waals surface area (Å²) in [5, 5.41) is 0. The van der Waals surface area contributed by atoms with Crippen molar-refractivity contribution in [2.24, 2.45) is 5.92 Å². The van der Waals surface area contributed by atoms with Crippen molar-refractivity contribution in [1.82, 2.24) is 4.98 Å². The summed E-state index contributed by atoms with van der Waals surface area (Å²) in [5.74, 6) is -3.73. The molecule has 5 heteroatoms. The van der Waals surface area contributed by atoms with Gasteiger partial charge < -0.3 is 0 Å². The molecule has 1 saturated carbocycles. The Balaban J connectivity index is 2.00. The summed E-state index contributed by atoms with van der Waals surface area (Å²) in [6.07, 6.45) is 1.20. The first-order chi connectivity index (χ1) is 6.99. The largest absolute Gasteiger partial charge is 0.292 e. The molecule has 1 heterocycles. The molecule has 1 fully saturated rings. The van der Waals surface area contributed by atoms with Gasteiger partial charge in [-0.15, -0.1) is 0 Å². The van der Waals surface area contributed by atoms with Crippen molar-refractivity contribution in [2.45, 2.75) is 18.8 Å². The Kier molecular flexibility index (Phi) is 2.58. The first-order valence-electron chi connectivity index (χ1n) is 4.51. The number of ketones is 1. The van der Waals surface area contributed by atoms with Crippen LogP contribution in [-0.4, -0.2) is 16.7 Å². The molecular formula is C10H8BrF2NO. The highest BCUT2D eigenvalue weighted by molar-refractivity contribution is 9.10. The molecule has 0 amide bonds. The fourth-order valence-corrected chi connectivity index (χ4v) is 1.59. The van der Waals surface area contributed by atoms with E-state index in [1.165, 1.54) is 12.3 Å². The maximum atomic E-state index is 12.6. The number of carbonyl (C=O) groups is 1.